The third-order valence-corrected chi connectivity index (χ3v) is 5.45. The van der Waals surface area contributed by atoms with Crippen LogP contribution in [0.15, 0.2) is 72.6 Å². The van der Waals surface area contributed by atoms with E-state index in [1.54, 1.807) is 6.20 Å². The summed E-state index contributed by atoms with van der Waals surface area (Å²) in [4.78, 5) is 27.7. The third-order valence-electron chi connectivity index (χ3n) is 5.45. The molecule has 1 aromatic heterocycles. The zero-order chi connectivity index (χ0) is 23.7. The number of ketones is 2. The molecule has 1 radical (unpaired) electrons. The minimum absolute atomic E-state index is 0. The smallest absolute Gasteiger partial charge is 0.194 e. The van der Waals surface area contributed by atoms with Gasteiger partial charge in [-0.25, -0.2) is 0 Å². The number of aromatic nitrogens is 1. The molecule has 0 unspecified atom stereocenters. The molecule has 0 saturated carbocycles. The molecular weight excluding hydrogens is 603 g/mol. The summed E-state index contributed by atoms with van der Waals surface area (Å²) in [6, 6.07) is 21.5. The molecule has 0 atom stereocenters. The van der Waals surface area contributed by atoms with Gasteiger partial charge in [-0.3, -0.25) is 9.59 Å². The van der Waals surface area contributed by atoms with Gasteiger partial charge in [0, 0.05) is 43.5 Å². The van der Waals surface area contributed by atoms with Crippen LogP contribution in [0.3, 0.4) is 0 Å². The van der Waals surface area contributed by atoms with Gasteiger partial charge in [0.1, 0.15) is 0 Å². The van der Waals surface area contributed by atoms with Crippen molar-refractivity contribution in [1.29, 1.82) is 0 Å². The van der Waals surface area contributed by atoms with Crippen LogP contribution >= 0.6 is 0 Å². The standard InChI is InChI=1S/C24H16NO.C5H8O2.Ir/c1-14-11-15(2)13-16(12-14)23-20-8-7-18-17-5-3-4-6-21(17)24(26)22(18)19(20)9-10-25-23;1-4(6)3-5(2)7;/h3-12H,1-2H3;3,6H,1-2H3;/q-1;;/b;4-3-;. The van der Waals surface area contributed by atoms with Gasteiger partial charge in [-0.2, -0.15) is 0 Å². The van der Waals surface area contributed by atoms with Crippen molar-refractivity contribution in [3.8, 4) is 22.4 Å². The fraction of sp³-hybridized carbons (Fsp3) is 0.138. The molecular formula is C29H24IrNO3-. The quantitative estimate of drug-likeness (QED) is 0.137. The Balaban J connectivity index is 0.000000357. The van der Waals surface area contributed by atoms with Crippen molar-refractivity contribution in [2.45, 2.75) is 27.7 Å². The van der Waals surface area contributed by atoms with Gasteiger partial charge in [0.25, 0.3) is 0 Å². The van der Waals surface area contributed by atoms with Gasteiger partial charge >= 0.3 is 0 Å². The summed E-state index contributed by atoms with van der Waals surface area (Å²) in [5.41, 5.74) is 7.72. The largest absolute Gasteiger partial charge is 0.512 e. The summed E-state index contributed by atoms with van der Waals surface area (Å²) in [6.45, 7) is 6.97. The Hall–Kier alpha value is -3.40. The normalized spacial score (nSPS) is 11.8. The number of aryl methyl sites for hydroxylation is 2. The summed E-state index contributed by atoms with van der Waals surface area (Å²) in [7, 11) is 0. The molecule has 4 nitrogen and oxygen atoms in total. The monoisotopic (exact) mass is 627 g/mol. The fourth-order valence-corrected chi connectivity index (χ4v) is 4.31. The summed E-state index contributed by atoms with van der Waals surface area (Å²) in [6.07, 6.45) is 2.96. The molecule has 34 heavy (non-hydrogen) atoms. The van der Waals surface area contributed by atoms with Crippen molar-refractivity contribution in [3.05, 3.63) is 101 Å². The molecule has 1 N–H and O–H groups in total. The van der Waals surface area contributed by atoms with Gasteiger partial charge in [-0.15, -0.1) is 34.9 Å². The van der Waals surface area contributed by atoms with Crippen LogP contribution in [0.4, 0.5) is 0 Å². The Kier molecular flexibility index (Phi) is 7.61. The molecule has 0 amide bonds. The Morgan fingerprint density at radius 1 is 0.941 bits per heavy atom. The van der Waals surface area contributed by atoms with E-state index in [0.29, 0.717) is 0 Å². The number of hydrogen-bond donors (Lipinski definition) is 1. The first-order valence-corrected chi connectivity index (χ1v) is 10.7. The third kappa shape index (κ3) is 4.91. The molecule has 1 heterocycles. The molecule has 173 valence electrons. The molecule has 4 aromatic rings. The second-order valence-electron chi connectivity index (χ2n) is 8.27. The van der Waals surface area contributed by atoms with E-state index < -0.39 is 0 Å². The minimum Gasteiger partial charge on any atom is -0.512 e. The van der Waals surface area contributed by atoms with Crippen LogP contribution in [0.1, 0.15) is 40.9 Å². The van der Waals surface area contributed by atoms with Crippen molar-refractivity contribution in [2.75, 3.05) is 0 Å². The Morgan fingerprint density at radius 3 is 2.26 bits per heavy atom. The number of rotatable bonds is 2. The van der Waals surface area contributed by atoms with Crippen LogP contribution in [-0.4, -0.2) is 21.7 Å². The van der Waals surface area contributed by atoms with Crippen molar-refractivity contribution >= 4 is 22.3 Å². The molecule has 0 fully saturated rings. The van der Waals surface area contributed by atoms with Crippen molar-refractivity contribution in [3.63, 3.8) is 0 Å². The van der Waals surface area contributed by atoms with Crippen molar-refractivity contribution in [1.82, 2.24) is 4.98 Å². The molecule has 0 bridgehead atoms. The van der Waals surface area contributed by atoms with Gasteiger partial charge in [0.2, 0.25) is 0 Å². The van der Waals surface area contributed by atoms with Crippen LogP contribution in [0, 0.1) is 19.9 Å². The second-order valence-corrected chi connectivity index (χ2v) is 8.27. The van der Waals surface area contributed by atoms with E-state index >= 15 is 0 Å². The van der Waals surface area contributed by atoms with E-state index in [4.69, 9.17) is 5.11 Å². The van der Waals surface area contributed by atoms with Gasteiger partial charge in [-0.1, -0.05) is 50.2 Å². The van der Waals surface area contributed by atoms with Gasteiger partial charge in [0.05, 0.1) is 5.76 Å². The summed E-state index contributed by atoms with van der Waals surface area (Å²) < 4.78 is 0. The van der Waals surface area contributed by atoms with Crippen molar-refractivity contribution < 1.29 is 34.8 Å². The fourth-order valence-electron chi connectivity index (χ4n) is 4.31. The van der Waals surface area contributed by atoms with Crippen LogP contribution in [0.5, 0.6) is 0 Å². The van der Waals surface area contributed by atoms with Crippen LogP contribution < -0.4 is 0 Å². The number of pyridine rings is 1. The van der Waals surface area contributed by atoms with Crippen LogP contribution in [0.25, 0.3) is 33.2 Å². The van der Waals surface area contributed by atoms with Crippen LogP contribution in [0.2, 0.25) is 0 Å². The number of hydrogen-bond acceptors (Lipinski definition) is 4. The number of carbonyl (C=O) groups excluding carboxylic acids is 2. The number of allylic oxidation sites excluding steroid dienone is 2. The minimum atomic E-state index is -0.125. The number of fused-ring (bicyclic) bond motifs is 5. The SMILES string of the molecule is CC(=O)/C=C(/C)O.Cc1[c-]c(-c2nccc3c4c(ccc23)-c2ccccc2C4=O)cc(C)c1.[Ir]. The average molecular weight is 627 g/mol. The average Bonchev–Trinajstić information content (AvgIpc) is 3.05. The number of carbonyl (C=O) groups is 2. The van der Waals surface area contributed by atoms with E-state index in [9.17, 15) is 9.59 Å². The Morgan fingerprint density at radius 2 is 1.65 bits per heavy atom. The molecule has 5 heteroatoms. The first-order valence-electron chi connectivity index (χ1n) is 10.7. The summed E-state index contributed by atoms with van der Waals surface area (Å²) >= 11 is 0. The van der Waals surface area contributed by atoms with E-state index in [-0.39, 0.29) is 37.4 Å². The maximum atomic E-state index is 13.0. The van der Waals surface area contributed by atoms with E-state index in [1.807, 2.05) is 37.3 Å². The zero-order valence-corrected chi connectivity index (χ0v) is 21.8. The predicted octanol–water partition coefficient (Wildman–Crippen LogP) is 6.56. The first-order chi connectivity index (χ1) is 15.8. The maximum Gasteiger partial charge on any atom is 0.194 e. The maximum absolute atomic E-state index is 13.0. The Labute approximate surface area is 212 Å². The number of nitrogens with zero attached hydrogens (tertiary/aromatic N) is 1. The molecule has 0 spiro atoms. The molecule has 3 aromatic carbocycles. The molecule has 0 aliphatic heterocycles. The van der Waals surface area contributed by atoms with E-state index in [0.717, 1.165) is 49.8 Å². The van der Waals surface area contributed by atoms with Crippen LogP contribution in [-0.2, 0) is 24.9 Å². The summed E-state index contributed by atoms with van der Waals surface area (Å²) in [5, 5.41) is 10.3. The zero-order valence-electron chi connectivity index (χ0n) is 19.4. The first kappa shape index (κ1) is 25.2. The molecule has 1 aliphatic rings. The van der Waals surface area contributed by atoms with Crippen molar-refractivity contribution in [2.24, 2.45) is 0 Å². The van der Waals surface area contributed by atoms with Gasteiger partial charge < -0.3 is 10.1 Å². The second kappa shape index (κ2) is 10.3. The number of aliphatic hydroxyl groups excluding tert-OH is 1. The molecule has 0 saturated heterocycles. The number of aliphatic hydroxyl groups is 1. The molecule has 5 rings (SSSR count). The summed E-state index contributed by atoms with van der Waals surface area (Å²) in [5.74, 6) is 0.0373. The van der Waals surface area contributed by atoms with E-state index in [2.05, 4.69) is 42.2 Å². The van der Waals surface area contributed by atoms with E-state index in [1.165, 1.54) is 25.5 Å². The predicted molar refractivity (Wildman–Crippen MR) is 131 cm³/mol. The number of benzene rings is 3. The topological polar surface area (TPSA) is 67.3 Å². The Bertz CT molecular complexity index is 1430. The van der Waals surface area contributed by atoms with Gasteiger partial charge in [0.15, 0.2) is 11.6 Å². The molecule has 1 aliphatic carbocycles. The van der Waals surface area contributed by atoms with Gasteiger partial charge in [-0.05, 0) is 47.5 Å².